The van der Waals surface area contributed by atoms with Gasteiger partial charge in [-0.25, -0.2) is 4.98 Å². The molecular formula is C23H33BrN4OS. The van der Waals surface area contributed by atoms with E-state index in [4.69, 9.17) is 9.72 Å². The van der Waals surface area contributed by atoms with Gasteiger partial charge in [0.1, 0.15) is 5.82 Å². The van der Waals surface area contributed by atoms with E-state index >= 15 is 0 Å². The molecule has 0 amide bonds. The van der Waals surface area contributed by atoms with Crippen molar-refractivity contribution in [3.8, 4) is 0 Å². The van der Waals surface area contributed by atoms with E-state index in [-0.39, 0.29) is 0 Å². The maximum absolute atomic E-state index is 6.26. The van der Waals surface area contributed by atoms with Gasteiger partial charge in [0.05, 0.1) is 12.7 Å². The van der Waals surface area contributed by atoms with Crippen LogP contribution >= 0.6 is 27.7 Å². The van der Waals surface area contributed by atoms with E-state index in [0.29, 0.717) is 24.1 Å². The minimum absolute atomic E-state index is 0.346. The highest BCUT2D eigenvalue weighted by Crippen LogP contribution is 2.35. The Morgan fingerprint density at radius 1 is 1.17 bits per heavy atom. The van der Waals surface area contributed by atoms with Crippen LogP contribution in [0.25, 0.3) is 0 Å². The number of rotatable bonds is 6. The summed E-state index contributed by atoms with van der Waals surface area (Å²) < 4.78 is 9.31. The van der Waals surface area contributed by atoms with Crippen molar-refractivity contribution >= 4 is 27.7 Å². The molecule has 4 rings (SSSR count). The molecule has 2 heterocycles. The first-order valence-electron chi connectivity index (χ1n) is 11.0. The van der Waals surface area contributed by atoms with E-state index < -0.39 is 0 Å². The van der Waals surface area contributed by atoms with Crippen LogP contribution in [0.3, 0.4) is 0 Å². The molecule has 5 nitrogen and oxygen atoms in total. The van der Waals surface area contributed by atoms with Crippen LogP contribution in [-0.2, 0) is 18.2 Å². The summed E-state index contributed by atoms with van der Waals surface area (Å²) in [5.74, 6) is 3.64. The molecule has 0 bridgehead atoms. The highest BCUT2D eigenvalue weighted by atomic mass is 79.9. The van der Waals surface area contributed by atoms with Crippen LogP contribution in [0.1, 0.15) is 48.8 Å². The summed E-state index contributed by atoms with van der Waals surface area (Å²) in [4.78, 5) is 7.47. The van der Waals surface area contributed by atoms with Crippen molar-refractivity contribution < 1.29 is 4.74 Å². The zero-order valence-corrected chi connectivity index (χ0v) is 20.7. The SMILES string of the molecule is CSCC1CN(C2CCC(c3nc(C)n(C)n3)CC2)C(Cc2ccc(Br)cc2)CO1. The number of thioether (sulfide) groups is 1. The average molecular weight is 494 g/mol. The summed E-state index contributed by atoms with van der Waals surface area (Å²) in [6, 6.07) is 9.87. The molecule has 2 atom stereocenters. The largest absolute Gasteiger partial charge is 0.374 e. The van der Waals surface area contributed by atoms with Crippen LogP contribution in [-0.4, -0.2) is 63.0 Å². The monoisotopic (exact) mass is 492 g/mol. The predicted molar refractivity (Wildman–Crippen MR) is 127 cm³/mol. The zero-order chi connectivity index (χ0) is 21.1. The summed E-state index contributed by atoms with van der Waals surface area (Å²) >= 11 is 5.44. The topological polar surface area (TPSA) is 43.2 Å². The normalized spacial score (nSPS) is 28.0. The summed E-state index contributed by atoms with van der Waals surface area (Å²) in [6.45, 7) is 3.93. The fourth-order valence-electron chi connectivity index (χ4n) is 4.91. The quantitative estimate of drug-likeness (QED) is 0.589. The number of halogens is 1. The van der Waals surface area contributed by atoms with Crippen LogP contribution in [0.4, 0.5) is 0 Å². The highest BCUT2D eigenvalue weighted by Gasteiger charge is 2.36. The van der Waals surface area contributed by atoms with E-state index in [0.717, 1.165) is 41.4 Å². The van der Waals surface area contributed by atoms with Crippen molar-refractivity contribution in [2.24, 2.45) is 7.05 Å². The van der Waals surface area contributed by atoms with Gasteiger partial charge >= 0.3 is 0 Å². The Kier molecular flexibility index (Phi) is 7.55. The van der Waals surface area contributed by atoms with Crippen molar-refractivity contribution in [1.29, 1.82) is 0 Å². The molecule has 0 N–H and O–H groups in total. The molecule has 2 fully saturated rings. The minimum atomic E-state index is 0.346. The van der Waals surface area contributed by atoms with Crippen LogP contribution in [0.2, 0.25) is 0 Å². The maximum Gasteiger partial charge on any atom is 0.153 e. The summed E-state index contributed by atoms with van der Waals surface area (Å²) in [5.41, 5.74) is 1.39. The molecule has 164 valence electrons. The molecule has 0 spiro atoms. The Morgan fingerprint density at radius 2 is 1.90 bits per heavy atom. The van der Waals surface area contributed by atoms with Gasteiger partial charge in [0.25, 0.3) is 0 Å². The first-order chi connectivity index (χ1) is 14.5. The molecule has 1 aliphatic carbocycles. The van der Waals surface area contributed by atoms with Gasteiger partial charge in [0.15, 0.2) is 5.82 Å². The summed E-state index contributed by atoms with van der Waals surface area (Å²) in [5, 5.41) is 4.65. The Bertz CT molecular complexity index is 800. The molecule has 0 radical (unpaired) electrons. The second-order valence-corrected chi connectivity index (χ2v) is 10.6. The van der Waals surface area contributed by atoms with Gasteiger partial charge in [0, 0.05) is 41.8 Å². The Balaban J connectivity index is 1.43. The molecule has 7 heteroatoms. The lowest BCUT2D eigenvalue weighted by Gasteiger charge is -2.46. The molecule has 1 aromatic heterocycles. The first kappa shape index (κ1) is 22.3. The maximum atomic E-state index is 6.26. The van der Waals surface area contributed by atoms with E-state index in [9.17, 15) is 0 Å². The van der Waals surface area contributed by atoms with Crippen molar-refractivity contribution in [2.45, 2.75) is 63.1 Å². The van der Waals surface area contributed by atoms with Crippen molar-refractivity contribution in [3.63, 3.8) is 0 Å². The van der Waals surface area contributed by atoms with E-state index in [2.05, 4.69) is 56.4 Å². The molecule has 1 aromatic carbocycles. The van der Waals surface area contributed by atoms with Crippen LogP contribution in [0.15, 0.2) is 28.7 Å². The van der Waals surface area contributed by atoms with E-state index in [1.54, 1.807) is 0 Å². The highest BCUT2D eigenvalue weighted by molar-refractivity contribution is 9.10. The predicted octanol–water partition coefficient (Wildman–Crippen LogP) is 4.59. The van der Waals surface area contributed by atoms with Gasteiger partial charge in [0.2, 0.25) is 0 Å². The van der Waals surface area contributed by atoms with Gasteiger partial charge in [-0.05, 0) is 63.0 Å². The van der Waals surface area contributed by atoms with Gasteiger partial charge in [-0.15, -0.1) is 0 Å². The summed E-state index contributed by atoms with van der Waals surface area (Å²) in [7, 11) is 1.99. The molecular weight excluding hydrogens is 460 g/mol. The lowest BCUT2D eigenvalue weighted by molar-refractivity contribution is -0.0751. The van der Waals surface area contributed by atoms with Gasteiger partial charge in [-0.3, -0.25) is 9.58 Å². The number of aryl methyl sites for hydroxylation is 2. The van der Waals surface area contributed by atoms with Gasteiger partial charge in [-0.2, -0.15) is 16.9 Å². The summed E-state index contributed by atoms with van der Waals surface area (Å²) in [6.07, 6.45) is 8.40. The third-order valence-electron chi connectivity index (χ3n) is 6.67. The number of nitrogens with zero attached hydrogens (tertiary/aromatic N) is 4. The minimum Gasteiger partial charge on any atom is -0.374 e. The average Bonchev–Trinajstić information content (AvgIpc) is 3.09. The smallest absolute Gasteiger partial charge is 0.153 e. The Morgan fingerprint density at radius 3 is 2.53 bits per heavy atom. The van der Waals surface area contributed by atoms with Gasteiger partial charge in [-0.1, -0.05) is 28.1 Å². The van der Waals surface area contributed by atoms with Crippen LogP contribution in [0.5, 0.6) is 0 Å². The second-order valence-electron chi connectivity index (χ2n) is 8.74. The zero-order valence-electron chi connectivity index (χ0n) is 18.3. The van der Waals surface area contributed by atoms with E-state index in [1.807, 2.05) is 30.4 Å². The standard InChI is InChI=1S/C23H33BrN4OS/c1-16-25-23(26-27(16)2)18-6-10-20(11-7-18)28-13-22(15-30-3)29-14-21(28)12-17-4-8-19(24)9-5-17/h4-5,8-9,18,20-22H,6-7,10-15H2,1-3H3. The molecule has 2 unspecified atom stereocenters. The number of aromatic nitrogens is 3. The number of morpholine rings is 1. The molecule has 1 aliphatic heterocycles. The molecule has 1 saturated carbocycles. The van der Waals surface area contributed by atoms with Crippen molar-refractivity contribution in [2.75, 3.05) is 25.2 Å². The number of ether oxygens (including phenoxy) is 1. The third kappa shape index (κ3) is 5.29. The molecule has 1 saturated heterocycles. The third-order valence-corrected chi connectivity index (χ3v) is 7.91. The Hall–Kier alpha value is -0.890. The molecule has 30 heavy (non-hydrogen) atoms. The number of hydrogen-bond acceptors (Lipinski definition) is 5. The Labute approximate surface area is 193 Å². The van der Waals surface area contributed by atoms with Crippen LogP contribution in [0, 0.1) is 6.92 Å². The fourth-order valence-corrected chi connectivity index (χ4v) is 5.75. The lowest BCUT2D eigenvalue weighted by atomic mass is 9.83. The van der Waals surface area contributed by atoms with Crippen molar-refractivity contribution in [1.82, 2.24) is 19.7 Å². The van der Waals surface area contributed by atoms with Gasteiger partial charge < -0.3 is 4.74 Å². The van der Waals surface area contributed by atoms with Crippen LogP contribution < -0.4 is 0 Å². The number of benzene rings is 1. The molecule has 2 aromatic rings. The first-order valence-corrected chi connectivity index (χ1v) is 13.2. The lowest BCUT2D eigenvalue weighted by Crippen LogP contribution is -2.56. The van der Waals surface area contributed by atoms with E-state index in [1.165, 1.54) is 31.2 Å². The van der Waals surface area contributed by atoms with Crippen molar-refractivity contribution in [3.05, 3.63) is 46.0 Å². The fraction of sp³-hybridized carbons (Fsp3) is 0.652. The number of hydrogen-bond donors (Lipinski definition) is 0. The second kappa shape index (κ2) is 10.2. The molecule has 2 aliphatic rings.